The summed E-state index contributed by atoms with van der Waals surface area (Å²) in [5.41, 5.74) is 2.92. The van der Waals surface area contributed by atoms with Gasteiger partial charge in [-0.2, -0.15) is 0 Å². The number of aryl methyl sites for hydroxylation is 1. The molecule has 4 rings (SSSR count). The van der Waals surface area contributed by atoms with E-state index in [-0.39, 0.29) is 24.3 Å². The lowest BCUT2D eigenvalue weighted by molar-refractivity contribution is -0.131. The van der Waals surface area contributed by atoms with Crippen molar-refractivity contribution < 1.29 is 19.1 Å². The van der Waals surface area contributed by atoms with Crippen LogP contribution in [0.25, 0.3) is 5.69 Å². The van der Waals surface area contributed by atoms with Gasteiger partial charge >= 0.3 is 6.09 Å². The number of nitrogens with zero attached hydrogens (tertiary/aromatic N) is 5. The van der Waals surface area contributed by atoms with Crippen LogP contribution in [0.5, 0.6) is 0 Å². The highest BCUT2D eigenvalue weighted by molar-refractivity contribution is 5.91. The third-order valence-electron chi connectivity index (χ3n) is 6.76. The van der Waals surface area contributed by atoms with Gasteiger partial charge in [-0.15, -0.1) is 15.0 Å². The minimum atomic E-state index is -0.820. The smallest absolute Gasteiger partial charge is 0.410 e. The van der Waals surface area contributed by atoms with E-state index in [1.54, 1.807) is 27.7 Å². The summed E-state index contributed by atoms with van der Waals surface area (Å²) in [6, 6.07) is 14.1. The van der Waals surface area contributed by atoms with Crippen LogP contribution in [0.1, 0.15) is 50.8 Å². The molecular formula is C29H37N7O4. The summed E-state index contributed by atoms with van der Waals surface area (Å²) >= 11 is 0. The molecule has 1 saturated heterocycles. The summed E-state index contributed by atoms with van der Waals surface area (Å²) in [6.45, 7) is 9.54. The zero-order valence-electron chi connectivity index (χ0n) is 23.6. The summed E-state index contributed by atoms with van der Waals surface area (Å²) in [5, 5.41) is 17.5. The highest BCUT2D eigenvalue weighted by Gasteiger charge is 2.42. The van der Waals surface area contributed by atoms with Crippen LogP contribution in [0.15, 0.2) is 54.9 Å². The van der Waals surface area contributed by atoms with Crippen molar-refractivity contribution in [2.24, 2.45) is 5.92 Å². The average molecular weight is 548 g/mol. The molecule has 1 fully saturated rings. The second-order valence-electron chi connectivity index (χ2n) is 11.2. The molecule has 0 unspecified atom stereocenters. The van der Waals surface area contributed by atoms with E-state index < -0.39 is 23.8 Å². The number of ether oxygens (including phenoxy) is 1. The average Bonchev–Trinajstić information content (AvgIpc) is 3.57. The number of para-hydroxylation sites is 1. The highest BCUT2D eigenvalue weighted by Crippen LogP contribution is 2.28. The summed E-state index contributed by atoms with van der Waals surface area (Å²) in [4.78, 5) is 42.3. The van der Waals surface area contributed by atoms with Crippen LogP contribution in [0.2, 0.25) is 0 Å². The Balaban J connectivity index is 1.41. The Morgan fingerprint density at radius 3 is 2.52 bits per heavy atom. The number of benzene rings is 2. The molecule has 1 aliphatic rings. The number of hydrogen-bond donors (Lipinski definition) is 2. The van der Waals surface area contributed by atoms with Crippen LogP contribution in [0.3, 0.4) is 0 Å². The lowest BCUT2D eigenvalue weighted by Crippen LogP contribution is -2.52. The summed E-state index contributed by atoms with van der Waals surface area (Å²) in [5.74, 6) is -0.651. The minimum absolute atomic E-state index is 0.0833. The molecule has 212 valence electrons. The maximum atomic E-state index is 13.4. The number of amides is 3. The molecule has 3 amide bonds. The van der Waals surface area contributed by atoms with Gasteiger partial charge in [-0.3, -0.25) is 14.5 Å². The number of aromatic nitrogens is 4. The van der Waals surface area contributed by atoms with Crippen LogP contribution in [0.4, 0.5) is 4.79 Å². The van der Waals surface area contributed by atoms with Gasteiger partial charge in [0.1, 0.15) is 17.7 Å². The second-order valence-corrected chi connectivity index (χ2v) is 11.2. The quantitative estimate of drug-likeness (QED) is 0.443. The van der Waals surface area contributed by atoms with Crippen LogP contribution in [-0.4, -0.2) is 67.2 Å². The second kappa shape index (κ2) is 12.3. The molecule has 3 aromatic rings. The van der Waals surface area contributed by atoms with Gasteiger partial charge in [-0.05, 0) is 75.3 Å². The van der Waals surface area contributed by atoms with E-state index in [2.05, 4.69) is 26.0 Å². The molecule has 11 heteroatoms. The van der Waals surface area contributed by atoms with Crippen molar-refractivity contribution in [3.8, 4) is 5.69 Å². The third kappa shape index (κ3) is 7.22. The largest absolute Gasteiger partial charge is 0.444 e. The first-order chi connectivity index (χ1) is 19.0. The lowest BCUT2D eigenvalue weighted by atomic mass is 9.96. The lowest BCUT2D eigenvalue weighted by Gasteiger charge is -2.28. The van der Waals surface area contributed by atoms with Gasteiger partial charge in [0, 0.05) is 13.1 Å². The predicted molar refractivity (Wildman–Crippen MR) is 148 cm³/mol. The maximum absolute atomic E-state index is 13.4. The van der Waals surface area contributed by atoms with Crippen LogP contribution in [-0.2, 0) is 27.3 Å². The first-order valence-electron chi connectivity index (χ1n) is 13.5. The van der Waals surface area contributed by atoms with E-state index in [1.807, 2.05) is 55.5 Å². The standard InChI is InChI=1S/C29H37N7O4/c1-19-10-9-13-23(25(19)36-32-18-31-34-36)16-30-26(37)20(2)33-27(38)24-15-22(14-21-11-7-6-8-12-21)17-35(24)28(39)40-29(3,4)5/h6-13,18,20,22,24H,14-17H2,1-5H3,(H,30,37)(H,33,38)/t20-,22-,24+/m0/s1. The van der Waals surface area contributed by atoms with Gasteiger partial charge in [-0.1, -0.05) is 48.5 Å². The van der Waals surface area contributed by atoms with Crippen molar-refractivity contribution in [1.82, 2.24) is 35.7 Å². The first-order valence-corrected chi connectivity index (χ1v) is 13.5. The fraction of sp³-hybridized carbons (Fsp3) is 0.448. The molecule has 0 saturated carbocycles. The molecule has 11 nitrogen and oxygen atoms in total. The predicted octanol–water partition coefficient (Wildman–Crippen LogP) is 2.96. The molecule has 2 N–H and O–H groups in total. The Hall–Kier alpha value is -4.28. The number of likely N-dealkylation sites (tertiary alicyclic amines) is 1. The molecular weight excluding hydrogens is 510 g/mol. The normalized spacial score (nSPS) is 17.8. The Kier molecular flexibility index (Phi) is 8.81. The van der Waals surface area contributed by atoms with Crippen LogP contribution < -0.4 is 10.6 Å². The monoisotopic (exact) mass is 547 g/mol. The number of nitrogens with one attached hydrogen (secondary N) is 2. The van der Waals surface area contributed by atoms with Crippen molar-refractivity contribution in [3.05, 3.63) is 71.5 Å². The molecule has 0 spiro atoms. The first kappa shape index (κ1) is 28.7. The third-order valence-corrected chi connectivity index (χ3v) is 6.76. The molecule has 0 aliphatic carbocycles. The zero-order chi connectivity index (χ0) is 28.9. The van der Waals surface area contributed by atoms with Crippen molar-refractivity contribution in [2.45, 2.75) is 71.7 Å². The highest BCUT2D eigenvalue weighted by atomic mass is 16.6. The maximum Gasteiger partial charge on any atom is 0.410 e. The van der Waals surface area contributed by atoms with E-state index in [1.165, 1.54) is 16.0 Å². The number of carbonyl (C=O) groups is 3. The molecule has 2 aromatic carbocycles. The number of carbonyl (C=O) groups excluding carboxylic acids is 3. The molecule has 2 heterocycles. The Bertz CT molecular complexity index is 1320. The van der Waals surface area contributed by atoms with Gasteiger partial charge in [0.25, 0.3) is 0 Å². The van der Waals surface area contributed by atoms with Gasteiger partial charge in [0.2, 0.25) is 11.8 Å². The molecule has 0 radical (unpaired) electrons. The van der Waals surface area contributed by atoms with Gasteiger partial charge in [0.15, 0.2) is 6.33 Å². The minimum Gasteiger partial charge on any atom is -0.444 e. The molecule has 40 heavy (non-hydrogen) atoms. The van der Waals surface area contributed by atoms with Gasteiger partial charge in [-0.25, -0.2) is 4.79 Å². The van der Waals surface area contributed by atoms with Crippen molar-refractivity contribution >= 4 is 17.9 Å². The van der Waals surface area contributed by atoms with Crippen molar-refractivity contribution in [3.63, 3.8) is 0 Å². The molecule has 3 atom stereocenters. The summed E-state index contributed by atoms with van der Waals surface area (Å²) < 4.78 is 5.60. The van der Waals surface area contributed by atoms with Crippen molar-refractivity contribution in [2.75, 3.05) is 6.54 Å². The molecule has 1 aromatic heterocycles. The SMILES string of the molecule is Cc1cccc(CNC(=O)[C@H](C)NC(=O)[C@H]2C[C@H](Cc3ccccc3)CN2C(=O)OC(C)(C)C)c1-n1ncnn1. The number of hydrogen-bond acceptors (Lipinski definition) is 7. The Labute approximate surface area is 234 Å². The van der Waals surface area contributed by atoms with E-state index in [0.717, 1.165) is 28.8 Å². The Morgan fingerprint density at radius 2 is 1.85 bits per heavy atom. The zero-order valence-corrected chi connectivity index (χ0v) is 23.6. The van der Waals surface area contributed by atoms with Crippen LogP contribution in [0, 0.1) is 12.8 Å². The van der Waals surface area contributed by atoms with Crippen molar-refractivity contribution in [1.29, 1.82) is 0 Å². The Morgan fingerprint density at radius 1 is 1.10 bits per heavy atom. The molecule has 1 aliphatic heterocycles. The molecule has 0 bridgehead atoms. The van der Waals surface area contributed by atoms with Gasteiger partial charge < -0.3 is 15.4 Å². The van der Waals surface area contributed by atoms with E-state index in [4.69, 9.17) is 4.74 Å². The topological polar surface area (TPSA) is 131 Å². The van der Waals surface area contributed by atoms with Gasteiger partial charge in [0.05, 0.1) is 5.69 Å². The van der Waals surface area contributed by atoms with E-state index in [0.29, 0.717) is 13.0 Å². The fourth-order valence-corrected chi connectivity index (χ4v) is 4.92. The van der Waals surface area contributed by atoms with E-state index >= 15 is 0 Å². The fourth-order valence-electron chi connectivity index (χ4n) is 4.92. The number of tetrazole rings is 1. The van der Waals surface area contributed by atoms with E-state index in [9.17, 15) is 14.4 Å². The summed E-state index contributed by atoms with van der Waals surface area (Å²) in [7, 11) is 0. The summed E-state index contributed by atoms with van der Waals surface area (Å²) in [6.07, 6.45) is 2.03. The number of rotatable bonds is 8. The van der Waals surface area contributed by atoms with Crippen LogP contribution >= 0.6 is 0 Å².